The molecule has 1 fully saturated rings. The number of Topliss-reactive ketones (excluding diaryl/α,β-unsaturated/α-hetero) is 1. The van der Waals surface area contributed by atoms with Gasteiger partial charge in [0.15, 0.2) is 5.78 Å². The van der Waals surface area contributed by atoms with Gasteiger partial charge in [0, 0.05) is 0 Å². The highest BCUT2D eigenvalue weighted by Gasteiger charge is 2.28. The third-order valence-corrected chi connectivity index (χ3v) is 4.43. The number of aryl methyl sites for hydroxylation is 1. The minimum Gasteiger partial charge on any atom is -0.484 e. The monoisotopic (exact) mass is 278 g/mol. The van der Waals surface area contributed by atoms with Crippen molar-refractivity contribution in [3.8, 4) is 5.75 Å². The molecule has 0 amide bonds. The molecule has 0 bridgehead atoms. The van der Waals surface area contributed by atoms with E-state index < -0.39 is 0 Å². The summed E-state index contributed by atoms with van der Waals surface area (Å²) < 4.78 is 6.04. The van der Waals surface area contributed by atoms with Gasteiger partial charge in [-0.1, -0.05) is 35.9 Å². The molecule has 0 N–H and O–H groups in total. The fourth-order valence-corrected chi connectivity index (χ4v) is 3.02. The van der Waals surface area contributed by atoms with Crippen molar-refractivity contribution in [2.75, 3.05) is 0 Å². The first-order valence-electron chi connectivity index (χ1n) is 7.61. The third-order valence-electron chi connectivity index (χ3n) is 4.43. The number of benzene rings is 2. The summed E-state index contributed by atoms with van der Waals surface area (Å²) in [5, 5.41) is 0. The topological polar surface area (TPSA) is 26.3 Å². The lowest BCUT2D eigenvalue weighted by Crippen LogP contribution is -2.20. The molecule has 1 atom stereocenters. The van der Waals surface area contributed by atoms with Crippen LogP contribution in [0.3, 0.4) is 0 Å². The SMILES string of the molecule is Cc1ccc2c(c1)C(=O)CC(c1ccc(C3CC3)cc1)O2. The Hall–Kier alpha value is -2.09. The average molecular weight is 278 g/mol. The van der Waals surface area contributed by atoms with E-state index in [0.717, 1.165) is 22.6 Å². The highest BCUT2D eigenvalue weighted by molar-refractivity contribution is 6.00. The highest BCUT2D eigenvalue weighted by atomic mass is 16.5. The number of carbonyl (C=O) groups excluding carboxylic acids is 1. The summed E-state index contributed by atoms with van der Waals surface area (Å²) in [5.74, 6) is 1.65. The molecule has 0 aromatic heterocycles. The molecule has 4 rings (SSSR count). The normalized spacial score (nSPS) is 20.8. The Morgan fingerprint density at radius 3 is 2.43 bits per heavy atom. The standard InChI is InChI=1S/C19H18O2/c1-12-2-9-18-16(10-12)17(20)11-19(21-18)15-7-5-14(6-8-15)13-3-4-13/h2,5-10,13,19H,3-4,11H2,1H3. The molecule has 0 saturated heterocycles. The molecule has 0 spiro atoms. The van der Waals surface area contributed by atoms with Crippen molar-refractivity contribution in [1.29, 1.82) is 0 Å². The summed E-state index contributed by atoms with van der Waals surface area (Å²) >= 11 is 0. The van der Waals surface area contributed by atoms with Gasteiger partial charge in [-0.15, -0.1) is 0 Å². The number of ketones is 1. The minimum atomic E-state index is -0.152. The molecule has 106 valence electrons. The maximum atomic E-state index is 12.3. The Balaban J connectivity index is 1.62. The first-order valence-corrected chi connectivity index (χ1v) is 7.61. The first kappa shape index (κ1) is 12.6. The summed E-state index contributed by atoms with van der Waals surface area (Å²) in [5.41, 5.74) is 4.33. The predicted octanol–water partition coefficient (Wildman–Crippen LogP) is 4.58. The van der Waals surface area contributed by atoms with Crippen LogP contribution < -0.4 is 4.74 Å². The van der Waals surface area contributed by atoms with E-state index in [4.69, 9.17) is 4.74 Å². The van der Waals surface area contributed by atoms with Crippen molar-refractivity contribution in [3.63, 3.8) is 0 Å². The zero-order chi connectivity index (χ0) is 14.4. The molecule has 2 aliphatic rings. The lowest BCUT2D eigenvalue weighted by Gasteiger charge is -2.26. The van der Waals surface area contributed by atoms with E-state index in [-0.39, 0.29) is 11.9 Å². The summed E-state index contributed by atoms with van der Waals surface area (Å²) in [7, 11) is 0. The molecule has 1 aliphatic carbocycles. The highest BCUT2D eigenvalue weighted by Crippen LogP contribution is 2.41. The second-order valence-electron chi connectivity index (χ2n) is 6.17. The molecule has 2 aromatic carbocycles. The van der Waals surface area contributed by atoms with Crippen molar-refractivity contribution in [3.05, 3.63) is 64.7 Å². The van der Waals surface area contributed by atoms with Gasteiger partial charge in [0.25, 0.3) is 0 Å². The largest absolute Gasteiger partial charge is 0.484 e. The van der Waals surface area contributed by atoms with Crippen molar-refractivity contribution in [1.82, 2.24) is 0 Å². The number of carbonyl (C=O) groups is 1. The lowest BCUT2D eigenvalue weighted by atomic mass is 9.94. The number of rotatable bonds is 2. The Labute approximate surface area is 124 Å². The van der Waals surface area contributed by atoms with Crippen molar-refractivity contribution in [2.24, 2.45) is 0 Å². The number of hydrogen-bond donors (Lipinski definition) is 0. The van der Waals surface area contributed by atoms with Gasteiger partial charge in [-0.25, -0.2) is 0 Å². The van der Waals surface area contributed by atoms with Gasteiger partial charge in [0.05, 0.1) is 12.0 Å². The Kier molecular flexibility index (Phi) is 2.85. The molecular weight excluding hydrogens is 260 g/mol. The van der Waals surface area contributed by atoms with Crippen molar-refractivity contribution in [2.45, 2.75) is 38.2 Å². The molecule has 2 nitrogen and oxygen atoms in total. The summed E-state index contributed by atoms with van der Waals surface area (Å²) in [4.78, 5) is 12.3. The predicted molar refractivity (Wildman–Crippen MR) is 81.9 cm³/mol. The number of hydrogen-bond acceptors (Lipinski definition) is 2. The van der Waals surface area contributed by atoms with Gasteiger partial charge in [-0.05, 0) is 48.9 Å². The van der Waals surface area contributed by atoms with Crippen LogP contribution >= 0.6 is 0 Å². The molecule has 1 aliphatic heterocycles. The molecule has 1 heterocycles. The first-order chi connectivity index (χ1) is 10.2. The van der Waals surface area contributed by atoms with Crippen LogP contribution in [0, 0.1) is 6.92 Å². The molecule has 1 unspecified atom stereocenters. The van der Waals surface area contributed by atoms with Crippen molar-refractivity contribution >= 4 is 5.78 Å². The quantitative estimate of drug-likeness (QED) is 0.803. The minimum absolute atomic E-state index is 0.152. The molecular formula is C19H18O2. The zero-order valence-electron chi connectivity index (χ0n) is 12.1. The fourth-order valence-electron chi connectivity index (χ4n) is 3.02. The van der Waals surface area contributed by atoms with Gasteiger partial charge in [-0.3, -0.25) is 4.79 Å². The second kappa shape index (κ2) is 4.73. The van der Waals surface area contributed by atoms with Crippen LogP contribution in [0.15, 0.2) is 42.5 Å². The Bertz CT molecular complexity index is 696. The summed E-state index contributed by atoms with van der Waals surface area (Å²) in [6, 6.07) is 14.4. The van der Waals surface area contributed by atoms with Gasteiger partial charge < -0.3 is 4.74 Å². The molecule has 2 heteroatoms. The summed E-state index contributed by atoms with van der Waals surface area (Å²) in [6.07, 6.45) is 2.90. The molecule has 2 aromatic rings. The van der Waals surface area contributed by atoms with Crippen LogP contribution in [-0.4, -0.2) is 5.78 Å². The van der Waals surface area contributed by atoms with Gasteiger partial charge in [-0.2, -0.15) is 0 Å². The van der Waals surface area contributed by atoms with Crippen LogP contribution in [-0.2, 0) is 0 Å². The zero-order valence-corrected chi connectivity index (χ0v) is 12.1. The fraction of sp³-hybridized carbons (Fsp3) is 0.316. The van der Waals surface area contributed by atoms with Crippen LogP contribution in [0.4, 0.5) is 0 Å². The third kappa shape index (κ3) is 2.35. The van der Waals surface area contributed by atoms with Crippen LogP contribution in [0.1, 0.15) is 58.3 Å². The summed E-state index contributed by atoms with van der Waals surface area (Å²) in [6.45, 7) is 2.00. The number of ether oxygens (including phenoxy) is 1. The van der Waals surface area contributed by atoms with E-state index in [1.165, 1.54) is 18.4 Å². The van der Waals surface area contributed by atoms with E-state index in [1.807, 2.05) is 25.1 Å². The Morgan fingerprint density at radius 2 is 1.71 bits per heavy atom. The maximum absolute atomic E-state index is 12.3. The number of fused-ring (bicyclic) bond motifs is 1. The molecule has 0 radical (unpaired) electrons. The van der Waals surface area contributed by atoms with E-state index >= 15 is 0 Å². The molecule has 1 saturated carbocycles. The average Bonchev–Trinajstić information content (AvgIpc) is 3.33. The van der Waals surface area contributed by atoms with Crippen LogP contribution in [0.2, 0.25) is 0 Å². The van der Waals surface area contributed by atoms with E-state index in [9.17, 15) is 4.79 Å². The van der Waals surface area contributed by atoms with Gasteiger partial charge >= 0.3 is 0 Å². The Morgan fingerprint density at radius 1 is 1.00 bits per heavy atom. The van der Waals surface area contributed by atoms with Crippen molar-refractivity contribution < 1.29 is 9.53 Å². The van der Waals surface area contributed by atoms with E-state index in [1.54, 1.807) is 0 Å². The lowest BCUT2D eigenvalue weighted by molar-refractivity contribution is 0.0850. The van der Waals surface area contributed by atoms with Gasteiger partial charge in [0.2, 0.25) is 0 Å². The van der Waals surface area contributed by atoms with Crippen LogP contribution in [0.5, 0.6) is 5.75 Å². The van der Waals surface area contributed by atoms with Gasteiger partial charge in [0.1, 0.15) is 11.9 Å². The maximum Gasteiger partial charge on any atom is 0.170 e. The second-order valence-corrected chi connectivity index (χ2v) is 6.17. The molecule has 21 heavy (non-hydrogen) atoms. The van der Waals surface area contributed by atoms with E-state index in [0.29, 0.717) is 12.2 Å². The van der Waals surface area contributed by atoms with Crippen LogP contribution in [0.25, 0.3) is 0 Å². The smallest absolute Gasteiger partial charge is 0.170 e. The van der Waals surface area contributed by atoms with E-state index in [2.05, 4.69) is 24.3 Å².